The first-order valence-corrected chi connectivity index (χ1v) is 8.09. The Morgan fingerprint density at radius 1 is 1.29 bits per heavy atom. The van der Waals surface area contributed by atoms with Gasteiger partial charge in [0.1, 0.15) is 12.1 Å². The fraction of sp³-hybridized carbons (Fsp3) is 0.389. The predicted molar refractivity (Wildman–Crippen MR) is 86.8 cm³/mol. The highest BCUT2D eigenvalue weighted by atomic mass is 19.1. The van der Waals surface area contributed by atoms with E-state index in [0.29, 0.717) is 26.1 Å². The number of benzene rings is 1. The number of carbonyl (C=O) groups is 1. The number of halogens is 1. The van der Waals surface area contributed by atoms with E-state index in [1.807, 2.05) is 11.0 Å². The molecular formula is C18H20FN3O2. The van der Waals surface area contributed by atoms with Gasteiger partial charge in [0.15, 0.2) is 0 Å². The molecule has 0 N–H and O–H groups in total. The van der Waals surface area contributed by atoms with Crippen molar-refractivity contribution in [3.8, 4) is 0 Å². The van der Waals surface area contributed by atoms with E-state index in [1.54, 1.807) is 18.3 Å². The molecule has 1 aromatic heterocycles. The van der Waals surface area contributed by atoms with Crippen LogP contribution in [0.25, 0.3) is 0 Å². The number of hydrogen-bond donors (Lipinski definition) is 0. The molecule has 1 amide bonds. The first-order valence-electron chi connectivity index (χ1n) is 8.09. The Balaban J connectivity index is 1.51. The summed E-state index contributed by atoms with van der Waals surface area (Å²) in [5, 5.41) is 0. The Kier molecular flexibility index (Phi) is 5.48. The zero-order valence-corrected chi connectivity index (χ0v) is 13.4. The maximum atomic E-state index is 12.9. The lowest BCUT2D eigenvalue weighted by Gasteiger charge is -2.33. The monoisotopic (exact) mass is 329 g/mol. The number of carbonyl (C=O) groups excluding carboxylic acids is 1. The van der Waals surface area contributed by atoms with Gasteiger partial charge in [0.25, 0.3) is 0 Å². The number of nitrogens with zero attached hydrogens (tertiary/aromatic N) is 3. The molecule has 6 heteroatoms. The smallest absolute Gasteiger partial charge is 0.227 e. The molecule has 3 rings (SSSR count). The van der Waals surface area contributed by atoms with E-state index in [1.165, 1.54) is 18.5 Å². The second-order valence-corrected chi connectivity index (χ2v) is 5.88. The second-order valence-electron chi connectivity index (χ2n) is 5.88. The molecule has 0 spiro atoms. The van der Waals surface area contributed by atoms with Gasteiger partial charge in [-0.1, -0.05) is 12.1 Å². The fourth-order valence-corrected chi connectivity index (χ4v) is 2.78. The van der Waals surface area contributed by atoms with E-state index in [9.17, 15) is 9.18 Å². The van der Waals surface area contributed by atoms with Gasteiger partial charge in [0.2, 0.25) is 5.91 Å². The molecule has 1 fully saturated rings. The van der Waals surface area contributed by atoms with Crippen LogP contribution >= 0.6 is 0 Å². The van der Waals surface area contributed by atoms with E-state index >= 15 is 0 Å². The number of hydrogen-bond acceptors (Lipinski definition) is 4. The molecule has 0 aliphatic carbocycles. The topological polar surface area (TPSA) is 55.3 Å². The van der Waals surface area contributed by atoms with Crippen LogP contribution in [0, 0.1) is 5.82 Å². The van der Waals surface area contributed by atoms with Crippen molar-refractivity contribution in [2.45, 2.75) is 25.4 Å². The molecule has 2 aromatic rings. The van der Waals surface area contributed by atoms with E-state index in [0.717, 1.165) is 24.1 Å². The normalized spacial score (nSPS) is 17.7. The van der Waals surface area contributed by atoms with E-state index in [4.69, 9.17) is 4.74 Å². The van der Waals surface area contributed by atoms with Gasteiger partial charge in [0.05, 0.1) is 19.1 Å². The molecule has 1 aliphatic rings. The average molecular weight is 329 g/mol. The quantitative estimate of drug-likeness (QED) is 0.842. The van der Waals surface area contributed by atoms with Crippen LogP contribution in [0.5, 0.6) is 0 Å². The minimum Gasteiger partial charge on any atom is -0.375 e. The Hall–Kier alpha value is -2.34. The van der Waals surface area contributed by atoms with Crippen molar-refractivity contribution >= 4 is 5.91 Å². The lowest BCUT2D eigenvalue weighted by atomic mass is 10.1. The summed E-state index contributed by atoms with van der Waals surface area (Å²) >= 11 is 0. The Bertz CT molecular complexity index is 664. The third-order valence-electron chi connectivity index (χ3n) is 4.13. The molecule has 0 radical (unpaired) electrons. The molecule has 2 heterocycles. The maximum Gasteiger partial charge on any atom is 0.227 e. The summed E-state index contributed by atoms with van der Waals surface area (Å²) < 4.78 is 18.7. The molecule has 1 saturated heterocycles. The molecule has 0 saturated carbocycles. The van der Waals surface area contributed by atoms with Gasteiger partial charge in [-0.3, -0.25) is 4.79 Å². The lowest BCUT2D eigenvalue weighted by molar-refractivity contribution is -0.138. The van der Waals surface area contributed by atoms with Crippen molar-refractivity contribution in [3.05, 3.63) is 59.9 Å². The van der Waals surface area contributed by atoms with Crippen LogP contribution in [-0.2, 0) is 22.4 Å². The van der Waals surface area contributed by atoms with E-state index < -0.39 is 0 Å². The van der Waals surface area contributed by atoms with Crippen molar-refractivity contribution in [1.29, 1.82) is 0 Å². The highest BCUT2D eigenvalue weighted by Gasteiger charge is 2.24. The van der Waals surface area contributed by atoms with Gasteiger partial charge < -0.3 is 9.64 Å². The minimum atomic E-state index is -0.289. The largest absolute Gasteiger partial charge is 0.375 e. The zero-order valence-electron chi connectivity index (χ0n) is 13.4. The van der Waals surface area contributed by atoms with Gasteiger partial charge in [-0.2, -0.15) is 0 Å². The lowest BCUT2D eigenvalue weighted by Crippen LogP contribution is -2.46. The number of amides is 1. The number of aromatic nitrogens is 2. The molecule has 1 aliphatic heterocycles. The van der Waals surface area contributed by atoms with Gasteiger partial charge >= 0.3 is 0 Å². The van der Waals surface area contributed by atoms with E-state index in [-0.39, 0.29) is 17.8 Å². The molecular weight excluding hydrogens is 309 g/mol. The predicted octanol–water partition coefficient (Wildman–Crippen LogP) is 2.02. The third-order valence-corrected chi connectivity index (χ3v) is 4.13. The van der Waals surface area contributed by atoms with Gasteiger partial charge in [-0.05, 0) is 36.6 Å². The molecule has 1 atom stereocenters. The summed E-state index contributed by atoms with van der Waals surface area (Å²) in [6, 6.07) is 7.96. The number of ether oxygens (including phenoxy) is 1. The summed E-state index contributed by atoms with van der Waals surface area (Å²) in [7, 11) is 0. The van der Waals surface area contributed by atoms with Crippen molar-refractivity contribution in [3.63, 3.8) is 0 Å². The number of morpholine rings is 1. The number of aryl methyl sites for hydroxylation is 1. The summed E-state index contributed by atoms with van der Waals surface area (Å²) in [4.78, 5) is 22.4. The highest BCUT2D eigenvalue weighted by molar-refractivity contribution is 5.78. The highest BCUT2D eigenvalue weighted by Crippen LogP contribution is 2.13. The second kappa shape index (κ2) is 7.97. The standard InChI is InChI=1S/C18H20FN3O2/c19-15-3-1-14(2-4-15)11-18(23)22-9-10-24-17(12-22)6-5-16-7-8-20-13-21-16/h1-4,7-8,13,17H,5-6,9-12H2. The molecule has 1 aromatic carbocycles. The fourth-order valence-electron chi connectivity index (χ4n) is 2.78. The maximum absolute atomic E-state index is 12.9. The average Bonchev–Trinajstić information content (AvgIpc) is 2.63. The van der Waals surface area contributed by atoms with Crippen LogP contribution in [0.15, 0.2) is 42.9 Å². The number of rotatable bonds is 5. The van der Waals surface area contributed by atoms with Crippen LogP contribution in [0.1, 0.15) is 17.7 Å². The van der Waals surface area contributed by atoms with Crippen LogP contribution in [0.4, 0.5) is 4.39 Å². The minimum absolute atomic E-state index is 0.0193. The summed E-state index contributed by atoms with van der Waals surface area (Å²) in [6.45, 7) is 1.73. The summed E-state index contributed by atoms with van der Waals surface area (Å²) in [5.74, 6) is -0.237. The van der Waals surface area contributed by atoms with Gasteiger partial charge in [-0.25, -0.2) is 14.4 Å². The van der Waals surface area contributed by atoms with Gasteiger partial charge in [-0.15, -0.1) is 0 Å². The summed E-state index contributed by atoms with van der Waals surface area (Å²) in [6.07, 6.45) is 5.19. The van der Waals surface area contributed by atoms with Crippen LogP contribution < -0.4 is 0 Å². The van der Waals surface area contributed by atoms with Gasteiger partial charge in [0, 0.05) is 25.0 Å². The molecule has 1 unspecified atom stereocenters. The van der Waals surface area contributed by atoms with Crippen molar-refractivity contribution in [1.82, 2.24) is 14.9 Å². The Labute approximate surface area is 140 Å². The molecule has 0 bridgehead atoms. The molecule has 24 heavy (non-hydrogen) atoms. The Morgan fingerprint density at radius 2 is 2.12 bits per heavy atom. The van der Waals surface area contributed by atoms with Crippen LogP contribution in [0.3, 0.4) is 0 Å². The van der Waals surface area contributed by atoms with Crippen LogP contribution in [-0.4, -0.2) is 46.6 Å². The SMILES string of the molecule is O=C(Cc1ccc(F)cc1)N1CCOC(CCc2ccncn2)C1. The molecule has 5 nitrogen and oxygen atoms in total. The van der Waals surface area contributed by atoms with Crippen molar-refractivity contribution in [2.75, 3.05) is 19.7 Å². The zero-order chi connectivity index (χ0) is 16.8. The first kappa shape index (κ1) is 16.5. The van der Waals surface area contributed by atoms with Crippen molar-refractivity contribution in [2.24, 2.45) is 0 Å². The Morgan fingerprint density at radius 3 is 2.88 bits per heavy atom. The van der Waals surface area contributed by atoms with Crippen LogP contribution in [0.2, 0.25) is 0 Å². The summed E-state index contributed by atoms with van der Waals surface area (Å²) in [5.41, 5.74) is 1.80. The molecule has 126 valence electrons. The third kappa shape index (κ3) is 4.58. The van der Waals surface area contributed by atoms with Crippen molar-refractivity contribution < 1.29 is 13.9 Å². The first-order chi connectivity index (χ1) is 11.7. The van der Waals surface area contributed by atoms with E-state index in [2.05, 4.69) is 9.97 Å².